The van der Waals surface area contributed by atoms with E-state index in [1.54, 1.807) is 12.4 Å². The van der Waals surface area contributed by atoms with Crippen LogP contribution in [0.15, 0.2) is 89.9 Å². The fourth-order valence-electron chi connectivity index (χ4n) is 2.61. The van der Waals surface area contributed by atoms with Gasteiger partial charge in [-0.2, -0.15) is 0 Å². The molecule has 2 aromatic carbocycles. The van der Waals surface area contributed by atoms with Gasteiger partial charge in [-0.3, -0.25) is 4.98 Å². The summed E-state index contributed by atoms with van der Waals surface area (Å²) in [5.41, 5.74) is 3.88. The van der Waals surface area contributed by atoms with Crippen LogP contribution in [-0.4, -0.2) is 9.97 Å². The van der Waals surface area contributed by atoms with E-state index in [4.69, 9.17) is 9.15 Å². The average molecular weight is 328 g/mol. The van der Waals surface area contributed by atoms with Gasteiger partial charge in [0.1, 0.15) is 18.1 Å². The SMILES string of the molecule is c1ccc(COc2ccc(-c3ncoc3-c3ccncc3)cc2)cc1. The first-order chi connectivity index (χ1) is 12.4. The van der Waals surface area contributed by atoms with E-state index in [0.29, 0.717) is 6.61 Å². The molecule has 0 spiro atoms. The Balaban J connectivity index is 1.52. The van der Waals surface area contributed by atoms with Crippen molar-refractivity contribution in [1.29, 1.82) is 0 Å². The Morgan fingerprint density at radius 3 is 2.32 bits per heavy atom. The number of pyridine rings is 1. The van der Waals surface area contributed by atoms with Crippen LogP contribution in [0.25, 0.3) is 22.6 Å². The molecule has 4 rings (SSSR count). The van der Waals surface area contributed by atoms with Gasteiger partial charge in [0.25, 0.3) is 0 Å². The summed E-state index contributed by atoms with van der Waals surface area (Å²) in [4.78, 5) is 8.39. The number of rotatable bonds is 5. The van der Waals surface area contributed by atoms with Crippen LogP contribution < -0.4 is 4.74 Å². The fraction of sp³-hybridized carbons (Fsp3) is 0.0476. The summed E-state index contributed by atoms with van der Waals surface area (Å²) < 4.78 is 11.4. The Labute approximate surface area is 145 Å². The van der Waals surface area contributed by atoms with Crippen molar-refractivity contribution in [3.8, 4) is 28.3 Å². The smallest absolute Gasteiger partial charge is 0.182 e. The second kappa shape index (κ2) is 7.01. The molecule has 0 amide bonds. The molecule has 0 unspecified atom stereocenters. The van der Waals surface area contributed by atoms with Gasteiger partial charge >= 0.3 is 0 Å². The quantitative estimate of drug-likeness (QED) is 0.518. The first-order valence-electron chi connectivity index (χ1n) is 8.01. The lowest BCUT2D eigenvalue weighted by Crippen LogP contribution is -1.94. The van der Waals surface area contributed by atoms with Crippen LogP contribution >= 0.6 is 0 Å². The summed E-state index contributed by atoms with van der Waals surface area (Å²) >= 11 is 0. The molecule has 4 aromatic rings. The van der Waals surface area contributed by atoms with E-state index in [1.807, 2.05) is 66.7 Å². The summed E-state index contributed by atoms with van der Waals surface area (Å²) in [5.74, 6) is 1.56. The standard InChI is InChI=1S/C21H16N2O2/c1-2-4-16(5-3-1)14-24-19-8-6-17(7-9-19)20-21(25-15-23-20)18-10-12-22-13-11-18/h1-13,15H,14H2. The maximum atomic E-state index is 5.83. The van der Waals surface area contributed by atoms with Gasteiger partial charge < -0.3 is 9.15 Å². The van der Waals surface area contributed by atoms with Gasteiger partial charge in [0.05, 0.1) is 0 Å². The Kier molecular flexibility index (Phi) is 4.25. The lowest BCUT2D eigenvalue weighted by Gasteiger charge is -2.07. The molecule has 122 valence electrons. The Bertz CT molecular complexity index is 933. The van der Waals surface area contributed by atoms with Crippen molar-refractivity contribution in [2.24, 2.45) is 0 Å². The van der Waals surface area contributed by atoms with E-state index < -0.39 is 0 Å². The van der Waals surface area contributed by atoms with Crippen molar-refractivity contribution in [3.05, 3.63) is 91.1 Å². The Morgan fingerprint density at radius 2 is 1.56 bits per heavy atom. The summed E-state index contributed by atoms with van der Waals surface area (Å²) in [6.07, 6.45) is 4.94. The first-order valence-corrected chi connectivity index (χ1v) is 8.01. The van der Waals surface area contributed by atoms with Crippen molar-refractivity contribution >= 4 is 0 Å². The van der Waals surface area contributed by atoms with Crippen LogP contribution in [0.5, 0.6) is 5.75 Å². The zero-order valence-corrected chi connectivity index (χ0v) is 13.5. The molecule has 2 aromatic heterocycles. The summed E-state index contributed by atoms with van der Waals surface area (Å²) in [6.45, 7) is 0.548. The zero-order valence-electron chi connectivity index (χ0n) is 13.5. The number of hydrogen-bond acceptors (Lipinski definition) is 4. The average Bonchev–Trinajstić information content (AvgIpc) is 3.18. The maximum absolute atomic E-state index is 5.83. The van der Waals surface area contributed by atoms with E-state index in [-0.39, 0.29) is 0 Å². The zero-order chi connectivity index (χ0) is 16.9. The van der Waals surface area contributed by atoms with Gasteiger partial charge in [-0.05, 0) is 42.0 Å². The van der Waals surface area contributed by atoms with Crippen LogP contribution in [0, 0.1) is 0 Å². The van der Waals surface area contributed by atoms with Crippen molar-refractivity contribution < 1.29 is 9.15 Å². The van der Waals surface area contributed by atoms with Gasteiger partial charge in [0, 0.05) is 23.5 Å². The van der Waals surface area contributed by atoms with Crippen LogP contribution in [0.2, 0.25) is 0 Å². The second-order valence-electron chi connectivity index (χ2n) is 5.56. The highest BCUT2D eigenvalue weighted by molar-refractivity contribution is 5.76. The fourth-order valence-corrected chi connectivity index (χ4v) is 2.61. The van der Waals surface area contributed by atoms with Crippen molar-refractivity contribution in [1.82, 2.24) is 9.97 Å². The van der Waals surface area contributed by atoms with Crippen molar-refractivity contribution in [2.75, 3.05) is 0 Å². The van der Waals surface area contributed by atoms with Gasteiger partial charge in [0.2, 0.25) is 0 Å². The third-order valence-electron chi connectivity index (χ3n) is 3.89. The molecule has 0 N–H and O–H groups in total. The maximum Gasteiger partial charge on any atom is 0.182 e. The van der Waals surface area contributed by atoms with Gasteiger partial charge in [-0.1, -0.05) is 30.3 Å². The van der Waals surface area contributed by atoms with Crippen LogP contribution in [-0.2, 0) is 6.61 Å². The molecular weight excluding hydrogens is 312 g/mol. The van der Waals surface area contributed by atoms with Gasteiger partial charge in [-0.25, -0.2) is 4.98 Å². The molecule has 0 radical (unpaired) electrons. The summed E-state index contributed by atoms with van der Waals surface area (Å²) in [7, 11) is 0. The first kappa shape index (κ1) is 15.1. The van der Waals surface area contributed by atoms with Crippen LogP contribution in [0.4, 0.5) is 0 Å². The monoisotopic (exact) mass is 328 g/mol. The molecule has 25 heavy (non-hydrogen) atoms. The molecule has 0 aliphatic heterocycles. The number of ether oxygens (including phenoxy) is 1. The number of benzene rings is 2. The molecular formula is C21H16N2O2. The van der Waals surface area contributed by atoms with E-state index in [9.17, 15) is 0 Å². The second-order valence-corrected chi connectivity index (χ2v) is 5.56. The normalized spacial score (nSPS) is 10.6. The van der Waals surface area contributed by atoms with Crippen LogP contribution in [0.1, 0.15) is 5.56 Å². The Hall–Kier alpha value is -3.40. The van der Waals surface area contributed by atoms with E-state index >= 15 is 0 Å². The molecule has 4 nitrogen and oxygen atoms in total. The molecule has 0 fully saturated rings. The number of aromatic nitrogens is 2. The largest absolute Gasteiger partial charge is 0.489 e. The third kappa shape index (κ3) is 3.43. The third-order valence-corrected chi connectivity index (χ3v) is 3.89. The predicted molar refractivity (Wildman–Crippen MR) is 95.9 cm³/mol. The lowest BCUT2D eigenvalue weighted by molar-refractivity contribution is 0.306. The molecule has 0 aliphatic rings. The molecule has 0 saturated carbocycles. The molecule has 4 heteroatoms. The minimum atomic E-state index is 0.548. The van der Waals surface area contributed by atoms with Crippen molar-refractivity contribution in [2.45, 2.75) is 6.61 Å². The minimum Gasteiger partial charge on any atom is -0.489 e. The highest BCUT2D eigenvalue weighted by Gasteiger charge is 2.12. The topological polar surface area (TPSA) is 48.2 Å². The highest BCUT2D eigenvalue weighted by atomic mass is 16.5. The number of hydrogen-bond donors (Lipinski definition) is 0. The predicted octanol–water partition coefficient (Wildman–Crippen LogP) is 4.98. The van der Waals surface area contributed by atoms with Crippen molar-refractivity contribution in [3.63, 3.8) is 0 Å². The molecule has 0 bridgehead atoms. The summed E-state index contributed by atoms with van der Waals surface area (Å²) in [6, 6.07) is 21.8. The molecule has 0 saturated heterocycles. The molecule has 0 aliphatic carbocycles. The van der Waals surface area contributed by atoms with Gasteiger partial charge in [0.15, 0.2) is 12.2 Å². The van der Waals surface area contributed by atoms with Gasteiger partial charge in [-0.15, -0.1) is 0 Å². The number of nitrogens with zero attached hydrogens (tertiary/aromatic N) is 2. The Morgan fingerprint density at radius 1 is 0.800 bits per heavy atom. The highest BCUT2D eigenvalue weighted by Crippen LogP contribution is 2.31. The minimum absolute atomic E-state index is 0.548. The van der Waals surface area contributed by atoms with E-state index in [1.165, 1.54) is 6.39 Å². The summed E-state index contributed by atoms with van der Waals surface area (Å²) in [5, 5.41) is 0. The van der Waals surface area contributed by atoms with E-state index in [2.05, 4.69) is 9.97 Å². The lowest BCUT2D eigenvalue weighted by atomic mass is 10.1. The number of oxazole rings is 1. The van der Waals surface area contributed by atoms with Crippen LogP contribution in [0.3, 0.4) is 0 Å². The molecule has 2 heterocycles. The molecule has 0 atom stereocenters. The van der Waals surface area contributed by atoms with E-state index in [0.717, 1.165) is 33.9 Å².